The van der Waals surface area contributed by atoms with Crippen molar-refractivity contribution in [3.63, 3.8) is 0 Å². The molecule has 0 atom stereocenters. The summed E-state index contributed by atoms with van der Waals surface area (Å²) >= 11 is 0. The second-order valence-corrected chi connectivity index (χ2v) is 6.15. The van der Waals surface area contributed by atoms with Crippen molar-refractivity contribution < 1.29 is 4.79 Å². The van der Waals surface area contributed by atoms with Crippen LogP contribution < -0.4 is 10.9 Å². The maximum absolute atomic E-state index is 12.8. The minimum atomic E-state index is -0.459. The summed E-state index contributed by atoms with van der Waals surface area (Å²) in [4.78, 5) is 33.7. The van der Waals surface area contributed by atoms with Crippen molar-refractivity contribution in [2.24, 2.45) is 7.05 Å². The summed E-state index contributed by atoms with van der Waals surface area (Å²) in [6.07, 6.45) is 4.53. The molecule has 4 rings (SSSR count). The lowest BCUT2D eigenvalue weighted by Crippen LogP contribution is -2.19. The fraction of sp³-hybridized carbons (Fsp3) is 0.105. The molecule has 8 nitrogen and oxygen atoms in total. The zero-order valence-corrected chi connectivity index (χ0v) is 14.7. The number of aryl methyl sites for hydroxylation is 2. The van der Waals surface area contributed by atoms with E-state index in [4.69, 9.17) is 0 Å². The Morgan fingerprint density at radius 3 is 2.63 bits per heavy atom. The first-order valence-electron chi connectivity index (χ1n) is 8.27. The number of pyridine rings is 1. The van der Waals surface area contributed by atoms with Crippen LogP contribution in [0.5, 0.6) is 0 Å². The highest BCUT2D eigenvalue weighted by Gasteiger charge is 2.22. The van der Waals surface area contributed by atoms with Crippen molar-refractivity contribution in [3.8, 4) is 5.69 Å². The van der Waals surface area contributed by atoms with Crippen molar-refractivity contribution in [1.29, 1.82) is 0 Å². The quantitative estimate of drug-likeness (QED) is 0.603. The highest BCUT2D eigenvalue weighted by molar-refractivity contribution is 6.10. The molecule has 8 heteroatoms. The van der Waals surface area contributed by atoms with Crippen LogP contribution in [0.15, 0.2) is 59.9 Å². The number of hydrogen-bond donors (Lipinski definition) is 1. The molecular formula is C19H16N6O2. The van der Waals surface area contributed by atoms with E-state index in [9.17, 15) is 9.59 Å². The molecule has 0 bridgehead atoms. The number of fused-ring (bicyclic) bond motifs is 1. The van der Waals surface area contributed by atoms with Crippen molar-refractivity contribution in [2.75, 3.05) is 5.32 Å². The fourth-order valence-corrected chi connectivity index (χ4v) is 2.74. The topological polar surface area (TPSA) is 94.7 Å². The van der Waals surface area contributed by atoms with Crippen molar-refractivity contribution in [1.82, 2.24) is 24.3 Å². The number of carbonyl (C=O) groups is 1. The van der Waals surface area contributed by atoms with E-state index in [0.717, 1.165) is 5.56 Å². The van der Waals surface area contributed by atoms with Gasteiger partial charge < -0.3 is 9.88 Å². The molecule has 27 heavy (non-hydrogen) atoms. The summed E-state index contributed by atoms with van der Waals surface area (Å²) in [5.74, 6) is -0.459. The Bertz CT molecular complexity index is 1190. The normalized spacial score (nSPS) is 10.9. The van der Waals surface area contributed by atoms with Gasteiger partial charge in [-0.2, -0.15) is 5.10 Å². The molecule has 134 valence electrons. The van der Waals surface area contributed by atoms with Gasteiger partial charge in [-0.3, -0.25) is 14.6 Å². The van der Waals surface area contributed by atoms with Crippen LogP contribution in [0.2, 0.25) is 0 Å². The highest BCUT2D eigenvalue weighted by atomic mass is 16.2. The van der Waals surface area contributed by atoms with Crippen LogP contribution in [0.25, 0.3) is 16.7 Å². The number of rotatable bonds is 3. The summed E-state index contributed by atoms with van der Waals surface area (Å²) in [5.41, 5.74) is 2.58. The third-order valence-corrected chi connectivity index (χ3v) is 4.16. The number of nitrogens with zero attached hydrogens (tertiary/aromatic N) is 5. The smallest absolute Gasteiger partial charge is 0.279 e. The average Bonchev–Trinajstić information content (AvgIpc) is 3.06. The van der Waals surface area contributed by atoms with E-state index in [-0.39, 0.29) is 22.3 Å². The SMILES string of the molecule is Cc1ccc(-n2nc(C(=O)Nc3cccnc3)c3ncn(C)c(=O)c32)cc1. The number of carbonyl (C=O) groups excluding carboxylic acids is 1. The van der Waals surface area contributed by atoms with Crippen LogP contribution in [0, 0.1) is 6.92 Å². The number of benzene rings is 1. The van der Waals surface area contributed by atoms with Crippen LogP contribution in [0.4, 0.5) is 5.69 Å². The van der Waals surface area contributed by atoms with E-state index in [2.05, 4.69) is 20.4 Å². The van der Waals surface area contributed by atoms with Gasteiger partial charge in [0.15, 0.2) is 11.2 Å². The van der Waals surface area contributed by atoms with Gasteiger partial charge in [-0.1, -0.05) is 17.7 Å². The highest BCUT2D eigenvalue weighted by Crippen LogP contribution is 2.19. The lowest BCUT2D eigenvalue weighted by molar-refractivity contribution is 0.102. The van der Waals surface area contributed by atoms with Gasteiger partial charge in [0.25, 0.3) is 11.5 Å². The first kappa shape index (κ1) is 16.6. The molecule has 0 fully saturated rings. The largest absolute Gasteiger partial charge is 0.319 e. The van der Waals surface area contributed by atoms with Crippen LogP contribution in [-0.2, 0) is 7.05 Å². The third-order valence-electron chi connectivity index (χ3n) is 4.16. The predicted molar refractivity (Wildman–Crippen MR) is 101 cm³/mol. The molecule has 4 aromatic rings. The Labute approximate surface area is 154 Å². The Hall–Kier alpha value is -3.81. The minimum Gasteiger partial charge on any atom is -0.319 e. The molecule has 1 aromatic carbocycles. The zero-order valence-electron chi connectivity index (χ0n) is 14.7. The first-order chi connectivity index (χ1) is 13.0. The second-order valence-electron chi connectivity index (χ2n) is 6.15. The number of aromatic nitrogens is 5. The molecule has 0 spiro atoms. The molecule has 0 saturated carbocycles. The maximum Gasteiger partial charge on any atom is 0.279 e. The molecule has 0 unspecified atom stereocenters. The summed E-state index contributed by atoms with van der Waals surface area (Å²) in [6, 6.07) is 11.0. The Kier molecular flexibility index (Phi) is 4.00. The molecule has 1 N–H and O–H groups in total. The fourth-order valence-electron chi connectivity index (χ4n) is 2.74. The lowest BCUT2D eigenvalue weighted by atomic mass is 10.2. The summed E-state index contributed by atoms with van der Waals surface area (Å²) < 4.78 is 2.82. The molecule has 0 aliphatic carbocycles. The molecule has 1 amide bonds. The van der Waals surface area contributed by atoms with Gasteiger partial charge in [0.2, 0.25) is 0 Å². The summed E-state index contributed by atoms with van der Waals surface area (Å²) in [6.45, 7) is 1.97. The van der Waals surface area contributed by atoms with E-state index in [1.54, 1.807) is 25.4 Å². The maximum atomic E-state index is 12.8. The zero-order chi connectivity index (χ0) is 19.0. The van der Waals surface area contributed by atoms with E-state index >= 15 is 0 Å². The van der Waals surface area contributed by atoms with Gasteiger partial charge in [-0.05, 0) is 31.2 Å². The second kappa shape index (κ2) is 6.49. The number of amides is 1. The van der Waals surface area contributed by atoms with Crippen LogP contribution in [-0.4, -0.2) is 30.2 Å². The average molecular weight is 360 g/mol. The number of nitrogens with one attached hydrogen (secondary N) is 1. The van der Waals surface area contributed by atoms with E-state index in [1.807, 2.05) is 31.2 Å². The van der Waals surface area contributed by atoms with Crippen LogP contribution >= 0.6 is 0 Å². The van der Waals surface area contributed by atoms with Gasteiger partial charge in [-0.25, -0.2) is 9.67 Å². The van der Waals surface area contributed by atoms with Gasteiger partial charge in [-0.15, -0.1) is 0 Å². The van der Waals surface area contributed by atoms with Crippen LogP contribution in [0.1, 0.15) is 16.1 Å². The van der Waals surface area contributed by atoms with Gasteiger partial charge >= 0.3 is 0 Å². The van der Waals surface area contributed by atoms with E-state index in [0.29, 0.717) is 11.4 Å². The monoisotopic (exact) mass is 360 g/mol. The minimum absolute atomic E-state index is 0.0760. The van der Waals surface area contributed by atoms with E-state index in [1.165, 1.54) is 21.8 Å². The molecule has 0 aliphatic rings. The third kappa shape index (κ3) is 2.97. The van der Waals surface area contributed by atoms with Crippen molar-refractivity contribution >= 4 is 22.6 Å². The summed E-state index contributed by atoms with van der Waals surface area (Å²) in [5, 5.41) is 7.13. The molecule has 0 aliphatic heterocycles. The molecule has 0 saturated heterocycles. The van der Waals surface area contributed by atoms with Gasteiger partial charge in [0.1, 0.15) is 5.52 Å². The predicted octanol–water partition coefficient (Wildman–Crippen LogP) is 2.07. The molecule has 0 radical (unpaired) electrons. The number of hydrogen-bond acceptors (Lipinski definition) is 5. The Balaban J connectivity index is 1.89. The molecule has 3 heterocycles. The van der Waals surface area contributed by atoms with E-state index < -0.39 is 5.91 Å². The molecule has 3 aromatic heterocycles. The number of anilines is 1. The summed E-state index contributed by atoms with van der Waals surface area (Å²) in [7, 11) is 1.61. The standard InChI is InChI=1S/C19H16N6O2/c1-12-5-7-14(8-6-12)25-17-15(21-11-24(2)19(17)27)16(23-25)18(26)22-13-4-3-9-20-10-13/h3-11H,1-2H3,(H,22,26). The van der Waals surface area contributed by atoms with Crippen molar-refractivity contribution in [2.45, 2.75) is 6.92 Å². The van der Waals surface area contributed by atoms with Gasteiger partial charge in [0, 0.05) is 13.2 Å². The molecular weight excluding hydrogens is 344 g/mol. The first-order valence-corrected chi connectivity index (χ1v) is 8.27. The lowest BCUT2D eigenvalue weighted by Gasteiger charge is -2.04. The van der Waals surface area contributed by atoms with Crippen molar-refractivity contribution in [3.05, 3.63) is 76.7 Å². The van der Waals surface area contributed by atoms with Gasteiger partial charge in [0.05, 0.1) is 23.9 Å². The Morgan fingerprint density at radius 2 is 1.93 bits per heavy atom. The van der Waals surface area contributed by atoms with Crippen LogP contribution in [0.3, 0.4) is 0 Å². The Morgan fingerprint density at radius 1 is 1.15 bits per heavy atom.